The predicted octanol–water partition coefficient (Wildman–Crippen LogP) is 4.03. The van der Waals surface area contributed by atoms with Crippen LogP contribution >= 0.6 is 0 Å². The van der Waals surface area contributed by atoms with Crippen LogP contribution in [0.5, 0.6) is 11.5 Å². The van der Waals surface area contributed by atoms with Gasteiger partial charge in [0, 0.05) is 11.8 Å². The van der Waals surface area contributed by atoms with E-state index < -0.39 is 28.7 Å². The van der Waals surface area contributed by atoms with Gasteiger partial charge >= 0.3 is 6.18 Å². The molecule has 0 heterocycles. The first-order valence-corrected chi connectivity index (χ1v) is 7.59. The molecule has 0 saturated carbocycles. The number of benzene rings is 2. The van der Waals surface area contributed by atoms with Crippen molar-refractivity contribution in [1.29, 1.82) is 0 Å². The predicted molar refractivity (Wildman–Crippen MR) is 89.8 cm³/mol. The van der Waals surface area contributed by atoms with Crippen molar-refractivity contribution in [3.63, 3.8) is 0 Å². The average Bonchev–Trinajstić information content (AvgIpc) is 2.61. The van der Waals surface area contributed by atoms with Gasteiger partial charge < -0.3 is 14.8 Å². The first-order valence-electron chi connectivity index (χ1n) is 7.59. The molecule has 0 aliphatic carbocycles. The molecular weight excluding hydrogens is 369 g/mol. The van der Waals surface area contributed by atoms with E-state index in [1.165, 1.54) is 26.2 Å². The van der Waals surface area contributed by atoms with Gasteiger partial charge in [0.05, 0.1) is 23.7 Å². The number of nitro groups is 1. The summed E-state index contributed by atoms with van der Waals surface area (Å²) in [6, 6.07) is 7.56. The Morgan fingerprint density at radius 1 is 1.15 bits per heavy atom. The van der Waals surface area contributed by atoms with E-state index in [1.54, 1.807) is 0 Å². The minimum absolute atomic E-state index is 0.0123. The molecule has 0 fully saturated rings. The summed E-state index contributed by atoms with van der Waals surface area (Å²) in [5.74, 6) is -0.472. The number of anilines is 1. The van der Waals surface area contributed by atoms with Gasteiger partial charge in [-0.2, -0.15) is 13.2 Å². The van der Waals surface area contributed by atoms with E-state index in [1.807, 2.05) is 0 Å². The third kappa shape index (κ3) is 5.09. The monoisotopic (exact) mass is 384 g/mol. The number of nitrogens with zero attached hydrogens (tertiary/aromatic N) is 1. The van der Waals surface area contributed by atoms with Crippen molar-refractivity contribution in [2.45, 2.75) is 19.2 Å². The summed E-state index contributed by atoms with van der Waals surface area (Å²) in [6.45, 7) is 1.39. The van der Waals surface area contributed by atoms with E-state index in [4.69, 9.17) is 9.47 Å². The molecule has 2 aromatic carbocycles. The number of ether oxygens (including phenoxy) is 2. The fourth-order valence-electron chi connectivity index (χ4n) is 2.10. The molecule has 0 aromatic heterocycles. The number of halogens is 3. The third-order valence-corrected chi connectivity index (χ3v) is 3.51. The maximum absolute atomic E-state index is 12.5. The maximum Gasteiger partial charge on any atom is 0.416 e. The lowest BCUT2D eigenvalue weighted by molar-refractivity contribution is -0.385. The van der Waals surface area contributed by atoms with Crippen LogP contribution < -0.4 is 14.8 Å². The molecule has 1 amide bonds. The molecule has 2 rings (SSSR count). The summed E-state index contributed by atoms with van der Waals surface area (Å²) in [5, 5.41) is 13.3. The molecule has 1 atom stereocenters. The second kappa shape index (κ2) is 7.94. The minimum Gasteiger partial charge on any atom is -0.493 e. The van der Waals surface area contributed by atoms with Gasteiger partial charge in [0.15, 0.2) is 17.6 Å². The highest BCUT2D eigenvalue weighted by Crippen LogP contribution is 2.32. The van der Waals surface area contributed by atoms with Crippen LogP contribution in [-0.2, 0) is 11.0 Å². The molecule has 27 heavy (non-hydrogen) atoms. The highest BCUT2D eigenvalue weighted by Gasteiger charge is 2.30. The number of hydrogen-bond donors (Lipinski definition) is 1. The number of methoxy groups -OCH3 is 1. The molecule has 0 bridgehead atoms. The Morgan fingerprint density at radius 2 is 1.78 bits per heavy atom. The van der Waals surface area contributed by atoms with Crippen LogP contribution in [0.3, 0.4) is 0 Å². The average molecular weight is 384 g/mol. The SMILES string of the molecule is COc1ccc([N+](=O)[O-])cc1OC(C)C(=O)Nc1ccc(C(F)(F)F)cc1. The maximum atomic E-state index is 12.5. The van der Waals surface area contributed by atoms with Crippen molar-refractivity contribution in [2.24, 2.45) is 0 Å². The number of carbonyl (C=O) groups excluding carboxylic acids is 1. The highest BCUT2D eigenvalue weighted by atomic mass is 19.4. The van der Waals surface area contributed by atoms with E-state index in [2.05, 4.69) is 5.32 Å². The molecule has 144 valence electrons. The van der Waals surface area contributed by atoms with Crippen molar-refractivity contribution < 1.29 is 32.4 Å². The number of nitrogens with one attached hydrogen (secondary N) is 1. The Labute approximate surface area is 151 Å². The van der Waals surface area contributed by atoms with Gasteiger partial charge in [0.2, 0.25) is 0 Å². The topological polar surface area (TPSA) is 90.7 Å². The van der Waals surface area contributed by atoms with Crippen molar-refractivity contribution in [3.05, 3.63) is 58.1 Å². The fourth-order valence-corrected chi connectivity index (χ4v) is 2.10. The Bertz CT molecular complexity index is 837. The molecule has 2 aromatic rings. The standard InChI is InChI=1S/C17H15F3N2O5/c1-10(27-15-9-13(22(24)25)7-8-14(15)26-2)16(23)21-12-5-3-11(4-6-12)17(18,19)20/h3-10H,1-2H3,(H,21,23). The summed E-state index contributed by atoms with van der Waals surface area (Å²) in [6.07, 6.45) is -5.57. The number of hydrogen-bond acceptors (Lipinski definition) is 5. The Hall–Kier alpha value is -3.30. The van der Waals surface area contributed by atoms with E-state index in [0.29, 0.717) is 0 Å². The van der Waals surface area contributed by atoms with E-state index in [-0.39, 0.29) is 22.9 Å². The Morgan fingerprint density at radius 3 is 2.30 bits per heavy atom. The largest absolute Gasteiger partial charge is 0.493 e. The number of rotatable bonds is 6. The van der Waals surface area contributed by atoms with Gasteiger partial charge in [0.1, 0.15) is 0 Å². The van der Waals surface area contributed by atoms with Crippen molar-refractivity contribution in [1.82, 2.24) is 0 Å². The van der Waals surface area contributed by atoms with Crippen LogP contribution in [0.15, 0.2) is 42.5 Å². The van der Waals surface area contributed by atoms with Gasteiger partial charge in [-0.05, 0) is 37.3 Å². The second-order valence-corrected chi connectivity index (χ2v) is 5.42. The second-order valence-electron chi connectivity index (χ2n) is 5.42. The van der Waals surface area contributed by atoms with Crippen molar-refractivity contribution in [3.8, 4) is 11.5 Å². The number of carbonyl (C=O) groups is 1. The molecule has 7 nitrogen and oxygen atoms in total. The fraction of sp³-hybridized carbons (Fsp3) is 0.235. The van der Waals surface area contributed by atoms with E-state index >= 15 is 0 Å². The lowest BCUT2D eigenvalue weighted by Crippen LogP contribution is -2.30. The number of amides is 1. The zero-order chi connectivity index (χ0) is 20.2. The van der Waals surface area contributed by atoms with Crippen molar-refractivity contribution in [2.75, 3.05) is 12.4 Å². The minimum atomic E-state index is -4.47. The zero-order valence-corrected chi connectivity index (χ0v) is 14.2. The Kier molecular flexibility index (Phi) is 5.88. The van der Waals surface area contributed by atoms with Crippen LogP contribution in [0.1, 0.15) is 12.5 Å². The highest BCUT2D eigenvalue weighted by molar-refractivity contribution is 5.94. The van der Waals surface area contributed by atoms with Gasteiger partial charge in [-0.15, -0.1) is 0 Å². The quantitative estimate of drug-likeness (QED) is 0.600. The molecule has 0 spiro atoms. The summed E-state index contributed by atoms with van der Waals surface area (Å²) in [7, 11) is 1.33. The van der Waals surface area contributed by atoms with E-state index in [0.717, 1.165) is 30.3 Å². The zero-order valence-electron chi connectivity index (χ0n) is 14.2. The van der Waals surface area contributed by atoms with Crippen LogP contribution in [-0.4, -0.2) is 24.0 Å². The van der Waals surface area contributed by atoms with Gasteiger partial charge in [0.25, 0.3) is 11.6 Å². The van der Waals surface area contributed by atoms with Gasteiger partial charge in [-0.3, -0.25) is 14.9 Å². The third-order valence-electron chi connectivity index (χ3n) is 3.51. The molecule has 0 aliphatic rings. The summed E-state index contributed by atoms with van der Waals surface area (Å²) >= 11 is 0. The normalized spacial score (nSPS) is 12.2. The molecule has 1 unspecified atom stereocenters. The van der Waals surface area contributed by atoms with Crippen LogP contribution in [0, 0.1) is 10.1 Å². The van der Waals surface area contributed by atoms with Crippen LogP contribution in [0.25, 0.3) is 0 Å². The first-order chi connectivity index (χ1) is 12.6. The number of non-ortho nitro benzene ring substituents is 1. The van der Waals surface area contributed by atoms with Gasteiger partial charge in [-0.25, -0.2) is 0 Å². The smallest absolute Gasteiger partial charge is 0.416 e. The number of nitro benzene ring substituents is 1. The van der Waals surface area contributed by atoms with Crippen LogP contribution in [0.2, 0.25) is 0 Å². The summed E-state index contributed by atoms with van der Waals surface area (Å²) in [4.78, 5) is 22.4. The van der Waals surface area contributed by atoms with Gasteiger partial charge in [-0.1, -0.05) is 0 Å². The molecule has 0 saturated heterocycles. The lowest BCUT2D eigenvalue weighted by Gasteiger charge is -2.17. The summed E-state index contributed by atoms with van der Waals surface area (Å²) in [5.41, 5.74) is -0.943. The van der Waals surface area contributed by atoms with E-state index in [9.17, 15) is 28.1 Å². The molecular formula is C17H15F3N2O5. The summed E-state index contributed by atoms with van der Waals surface area (Å²) < 4.78 is 48.1. The molecule has 10 heteroatoms. The Balaban J connectivity index is 2.09. The first kappa shape index (κ1) is 20.0. The lowest BCUT2D eigenvalue weighted by atomic mass is 10.2. The molecule has 0 aliphatic heterocycles. The van der Waals surface area contributed by atoms with Crippen LogP contribution in [0.4, 0.5) is 24.5 Å². The molecule has 0 radical (unpaired) electrons. The number of alkyl halides is 3. The van der Waals surface area contributed by atoms with Crippen molar-refractivity contribution >= 4 is 17.3 Å². The molecule has 1 N–H and O–H groups in total.